The van der Waals surface area contributed by atoms with Crippen LogP contribution in [0.5, 0.6) is 11.5 Å². The third kappa shape index (κ3) is 6.86. The lowest BCUT2D eigenvalue weighted by Gasteiger charge is -2.23. The van der Waals surface area contributed by atoms with Crippen molar-refractivity contribution in [2.24, 2.45) is 0 Å². The van der Waals surface area contributed by atoms with E-state index in [2.05, 4.69) is 22.1 Å². The Labute approximate surface area is 272 Å². The highest BCUT2D eigenvalue weighted by molar-refractivity contribution is 8.00. The molecule has 13 heteroatoms. The molecule has 0 bridgehead atoms. The van der Waals surface area contributed by atoms with Crippen molar-refractivity contribution in [1.29, 1.82) is 0 Å². The van der Waals surface area contributed by atoms with Crippen LogP contribution in [0.2, 0.25) is 10.0 Å². The number of nitrogens with zero attached hydrogens (tertiary/aromatic N) is 4. The first kappa shape index (κ1) is 31.8. The van der Waals surface area contributed by atoms with Gasteiger partial charge in [0.2, 0.25) is 5.13 Å². The van der Waals surface area contributed by atoms with Gasteiger partial charge >= 0.3 is 5.91 Å². The average molecular weight is 672 g/mol. The molecule has 0 spiro atoms. The van der Waals surface area contributed by atoms with Gasteiger partial charge in [-0.3, -0.25) is 19.5 Å². The number of ketones is 1. The Morgan fingerprint density at radius 1 is 1.05 bits per heavy atom. The summed E-state index contributed by atoms with van der Waals surface area (Å²) in [6, 6.07) is 12.6. The van der Waals surface area contributed by atoms with Gasteiger partial charge in [0, 0.05) is 33.8 Å². The molecule has 1 aliphatic heterocycles. The van der Waals surface area contributed by atoms with Crippen LogP contribution in [0.4, 0.5) is 5.13 Å². The summed E-state index contributed by atoms with van der Waals surface area (Å²) in [5.74, 6) is -0.547. The van der Waals surface area contributed by atoms with E-state index >= 15 is 0 Å². The SMILES string of the molecule is CCCCCOc1ccc(C2/C(=C(\O)c3ccncc3)C(=O)C(=O)N2c2nnc(SCc3ccc(Cl)cc3Cl)s2)cc1OC. The van der Waals surface area contributed by atoms with Crippen LogP contribution in [0, 0.1) is 0 Å². The molecule has 3 heterocycles. The number of benzene rings is 2. The number of carbonyl (C=O) groups is 2. The molecule has 0 aliphatic carbocycles. The van der Waals surface area contributed by atoms with Crippen LogP contribution in [0.15, 0.2) is 70.8 Å². The highest BCUT2D eigenvalue weighted by atomic mass is 35.5. The van der Waals surface area contributed by atoms with Crippen molar-refractivity contribution in [2.45, 2.75) is 42.3 Å². The number of aliphatic hydroxyl groups excluding tert-OH is 1. The zero-order valence-corrected chi connectivity index (χ0v) is 27.0. The second-order valence-electron chi connectivity index (χ2n) is 9.75. The number of thioether (sulfide) groups is 1. The molecule has 1 atom stereocenters. The van der Waals surface area contributed by atoms with Gasteiger partial charge in [-0.1, -0.05) is 78.2 Å². The van der Waals surface area contributed by atoms with E-state index in [1.54, 1.807) is 42.5 Å². The van der Waals surface area contributed by atoms with Gasteiger partial charge in [-0.15, -0.1) is 10.2 Å². The standard InChI is InChI=1S/C31H28Cl2N4O5S2/c1-3-4-5-14-42-23-9-7-19(15-24(23)41-2)26-25(27(38)18-10-12-34-13-11-18)28(39)29(40)37(26)30-35-36-31(44-30)43-17-20-6-8-21(32)16-22(20)33/h6-13,15-16,26,38H,3-5,14,17H2,1-2H3/b27-25+. The quantitative estimate of drug-likeness (QED) is 0.0404. The minimum atomic E-state index is -1.01. The molecule has 1 fully saturated rings. The first-order chi connectivity index (χ1) is 21.3. The summed E-state index contributed by atoms with van der Waals surface area (Å²) in [5, 5.41) is 21.2. The van der Waals surface area contributed by atoms with Crippen LogP contribution < -0.4 is 14.4 Å². The number of methoxy groups -OCH3 is 1. The van der Waals surface area contributed by atoms with Gasteiger partial charge in [-0.2, -0.15) is 0 Å². The fraction of sp³-hybridized carbons (Fsp3) is 0.258. The Morgan fingerprint density at radius 3 is 2.57 bits per heavy atom. The number of rotatable bonds is 12. The van der Waals surface area contributed by atoms with E-state index in [4.69, 9.17) is 32.7 Å². The van der Waals surface area contributed by atoms with Gasteiger partial charge in [-0.25, -0.2) is 0 Å². The monoisotopic (exact) mass is 670 g/mol. The lowest BCUT2D eigenvalue weighted by Crippen LogP contribution is -2.29. The summed E-state index contributed by atoms with van der Waals surface area (Å²) in [4.78, 5) is 32.4. The average Bonchev–Trinajstić information content (AvgIpc) is 3.60. The third-order valence-electron chi connectivity index (χ3n) is 6.88. The lowest BCUT2D eigenvalue weighted by molar-refractivity contribution is -0.132. The second kappa shape index (κ2) is 14.4. The number of amides is 1. The fourth-order valence-corrected chi connectivity index (χ4v) is 7.08. The molecular weight excluding hydrogens is 643 g/mol. The minimum absolute atomic E-state index is 0.0859. The lowest BCUT2D eigenvalue weighted by atomic mass is 9.95. The number of aromatic nitrogens is 3. The maximum Gasteiger partial charge on any atom is 0.301 e. The van der Waals surface area contributed by atoms with Crippen molar-refractivity contribution >= 4 is 68.9 Å². The number of ether oxygens (including phenoxy) is 2. The van der Waals surface area contributed by atoms with Gasteiger partial charge in [-0.05, 0) is 53.9 Å². The van der Waals surface area contributed by atoms with Gasteiger partial charge in [0.05, 0.1) is 25.3 Å². The molecule has 1 unspecified atom stereocenters. The van der Waals surface area contributed by atoms with Crippen LogP contribution >= 0.6 is 46.3 Å². The Hall–Kier alpha value is -3.64. The number of Topliss-reactive ketones (excluding diaryl/α,β-unsaturated/α-hetero) is 1. The van der Waals surface area contributed by atoms with Gasteiger partial charge < -0.3 is 14.6 Å². The normalized spacial score (nSPS) is 16.0. The molecule has 1 aliphatic rings. The molecule has 5 rings (SSSR count). The number of carbonyl (C=O) groups excluding carboxylic acids is 2. The topological polar surface area (TPSA) is 115 Å². The molecule has 9 nitrogen and oxygen atoms in total. The predicted octanol–water partition coefficient (Wildman–Crippen LogP) is 7.74. The van der Waals surface area contributed by atoms with Crippen LogP contribution in [-0.4, -0.2) is 45.7 Å². The summed E-state index contributed by atoms with van der Waals surface area (Å²) in [6.07, 6.45) is 5.99. The molecule has 4 aromatic rings. The van der Waals surface area contributed by atoms with Crippen molar-refractivity contribution in [2.75, 3.05) is 18.6 Å². The Balaban J connectivity index is 1.52. The molecular formula is C31H28Cl2N4O5S2. The fourth-order valence-electron chi connectivity index (χ4n) is 4.65. The highest BCUT2D eigenvalue weighted by Crippen LogP contribution is 2.45. The molecule has 2 aromatic heterocycles. The summed E-state index contributed by atoms with van der Waals surface area (Å²) >= 11 is 14.9. The summed E-state index contributed by atoms with van der Waals surface area (Å²) in [6.45, 7) is 2.64. The maximum atomic E-state index is 13.6. The van der Waals surface area contributed by atoms with Crippen molar-refractivity contribution in [1.82, 2.24) is 15.2 Å². The number of pyridine rings is 1. The van der Waals surface area contributed by atoms with Crippen molar-refractivity contribution in [3.63, 3.8) is 0 Å². The second-order valence-corrected chi connectivity index (χ2v) is 12.8. The number of unbranched alkanes of at least 4 members (excludes halogenated alkanes) is 2. The number of anilines is 1. The third-order valence-corrected chi connectivity index (χ3v) is 9.57. The smallest absolute Gasteiger partial charge is 0.301 e. The molecule has 1 amide bonds. The summed E-state index contributed by atoms with van der Waals surface area (Å²) < 4.78 is 12.1. The molecule has 0 saturated carbocycles. The predicted molar refractivity (Wildman–Crippen MR) is 173 cm³/mol. The molecule has 1 saturated heterocycles. The first-order valence-electron chi connectivity index (χ1n) is 13.7. The van der Waals surface area contributed by atoms with Crippen molar-refractivity contribution in [3.05, 3.63) is 93.2 Å². The van der Waals surface area contributed by atoms with Gasteiger partial charge in [0.1, 0.15) is 5.76 Å². The first-order valence-corrected chi connectivity index (χ1v) is 16.3. The molecule has 0 radical (unpaired) electrons. The van der Waals surface area contributed by atoms with E-state index in [1.807, 2.05) is 6.07 Å². The van der Waals surface area contributed by atoms with Crippen LogP contribution in [0.1, 0.15) is 48.9 Å². The zero-order valence-electron chi connectivity index (χ0n) is 23.8. The van der Waals surface area contributed by atoms with E-state index in [0.29, 0.717) is 49.4 Å². The van der Waals surface area contributed by atoms with Gasteiger partial charge in [0.15, 0.2) is 15.8 Å². The van der Waals surface area contributed by atoms with E-state index in [-0.39, 0.29) is 16.5 Å². The highest BCUT2D eigenvalue weighted by Gasteiger charge is 2.48. The van der Waals surface area contributed by atoms with E-state index in [1.165, 1.54) is 36.2 Å². The van der Waals surface area contributed by atoms with E-state index in [9.17, 15) is 14.7 Å². The molecule has 2 aromatic carbocycles. The van der Waals surface area contributed by atoms with Crippen LogP contribution in [0.3, 0.4) is 0 Å². The van der Waals surface area contributed by atoms with E-state index < -0.39 is 17.7 Å². The molecule has 228 valence electrons. The number of hydrogen-bond donors (Lipinski definition) is 1. The van der Waals surface area contributed by atoms with Crippen molar-refractivity contribution in [3.8, 4) is 11.5 Å². The molecule has 44 heavy (non-hydrogen) atoms. The molecule has 1 N–H and O–H groups in total. The summed E-state index contributed by atoms with van der Waals surface area (Å²) in [7, 11) is 1.52. The van der Waals surface area contributed by atoms with Crippen LogP contribution in [0.25, 0.3) is 5.76 Å². The summed E-state index contributed by atoms with van der Waals surface area (Å²) in [5.41, 5.74) is 1.64. The van der Waals surface area contributed by atoms with Crippen molar-refractivity contribution < 1.29 is 24.2 Å². The Bertz CT molecular complexity index is 1700. The van der Waals surface area contributed by atoms with E-state index in [0.717, 1.165) is 36.2 Å². The number of halogens is 2. The largest absolute Gasteiger partial charge is 0.507 e. The van der Waals surface area contributed by atoms with Gasteiger partial charge in [0.25, 0.3) is 5.78 Å². The maximum absolute atomic E-state index is 13.6. The Kier molecular flexibility index (Phi) is 10.4. The van der Waals surface area contributed by atoms with Crippen LogP contribution in [-0.2, 0) is 15.3 Å². The zero-order chi connectivity index (χ0) is 31.2. The number of aliphatic hydroxyl groups is 1. The number of hydrogen-bond acceptors (Lipinski definition) is 10. The minimum Gasteiger partial charge on any atom is -0.507 e. The Morgan fingerprint density at radius 2 is 1.84 bits per heavy atom.